The number of carbonyl (C=O) groups is 1. The molecule has 0 saturated heterocycles. The average molecular weight is 327 g/mol. The van der Waals surface area contributed by atoms with Gasteiger partial charge < -0.3 is 4.90 Å². The van der Waals surface area contributed by atoms with Crippen LogP contribution in [0.2, 0.25) is 0 Å². The quantitative estimate of drug-likeness (QED) is 0.472. The van der Waals surface area contributed by atoms with Crippen molar-refractivity contribution in [1.82, 2.24) is 0 Å². The Morgan fingerprint density at radius 2 is 2.19 bits per heavy atom. The molecule has 16 heavy (non-hydrogen) atoms. The number of hydrogen-bond acceptors (Lipinski definition) is 1. The van der Waals surface area contributed by atoms with E-state index in [9.17, 15) is 4.79 Å². The first kappa shape index (κ1) is 13.0. The smallest absolute Gasteiger partial charge is 0.250 e. The fraction of sp³-hybridized carbons (Fsp3) is 0.154. The predicted octanol–water partition coefficient (Wildman–Crippen LogP) is 3.39. The van der Waals surface area contributed by atoms with Crippen LogP contribution in [0.4, 0.5) is 5.69 Å². The molecule has 0 radical (unpaired) electrons. The Bertz CT molecular complexity index is 412. The molecule has 1 amide bonds. The van der Waals surface area contributed by atoms with Crippen molar-refractivity contribution in [2.24, 2.45) is 0 Å². The number of anilines is 1. The van der Waals surface area contributed by atoms with Gasteiger partial charge in [0.15, 0.2) is 0 Å². The number of nitrogens with zero attached hydrogens (tertiary/aromatic N) is 1. The zero-order valence-corrected chi connectivity index (χ0v) is 11.3. The highest BCUT2D eigenvalue weighted by Gasteiger charge is 2.13. The lowest BCUT2D eigenvalue weighted by Gasteiger charge is -2.20. The molecule has 1 rings (SSSR count). The fourth-order valence-corrected chi connectivity index (χ4v) is 2.02. The third-order valence-electron chi connectivity index (χ3n) is 2.03. The average Bonchev–Trinajstić information content (AvgIpc) is 2.27. The Hall–Kier alpha value is -1.10. The Morgan fingerprint density at radius 3 is 2.75 bits per heavy atom. The first-order chi connectivity index (χ1) is 7.70. The summed E-state index contributed by atoms with van der Waals surface area (Å²) in [6, 6.07) is 7.80. The van der Waals surface area contributed by atoms with Gasteiger partial charge in [-0.3, -0.25) is 4.79 Å². The number of halogens is 1. The first-order valence-corrected chi connectivity index (χ1v) is 6.08. The molecule has 84 valence electrons. The molecule has 1 aromatic carbocycles. The summed E-state index contributed by atoms with van der Waals surface area (Å²) in [6.45, 7) is 6.03. The summed E-state index contributed by atoms with van der Waals surface area (Å²) in [5.41, 5.74) is 0.922. The monoisotopic (exact) mass is 327 g/mol. The van der Waals surface area contributed by atoms with Gasteiger partial charge in [-0.15, -0.1) is 6.58 Å². The van der Waals surface area contributed by atoms with Crippen LogP contribution in [0.25, 0.3) is 0 Å². The van der Waals surface area contributed by atoms with Crippen LogP contribution in [-0.2, 0) is 4.79 Å². The second kappa shape index (κ2) is 6.48. The van der Waals surface area contributed by atoms with Crippen LogP contribution in [0.15, 0.2) is 49.1 Å². The number of benzene rings is 1. The number of para-hydroxylation sites is 1. The van der Waals surface area contributed by atoms with Crippen LogP contribution in [0.1, 0.15) is 6.92 Å². The van der Waals surface area contributed by atoms with Crippen LogP contribution < -0.4 is 4.90 Å². The van der Waals surface area contributed by atoms with E-state index in [0.717, 1.165) is 9.26 Å². The van der Waals surface area contributed by atoms with E-state index >= 15 is 0 Å². The van der Waals surface area contributed by atoms with Crippen LogP contribution in [0.5, 0.6) is 0 Å². The van der Waals surface area contributed by atoms with E-state index in [2.05, 4.69) is 29.2 Å². The van der Waals surface area contributed by atoms with Crippen molar-refractivity contribution >= 4 is 34.2 Å². The molecular formula is C13H14INO. The molecule has 0 N–H and O–H groups in total. The van der Waals surface area contributed by atoms with Gasteiger partial charge in [-0.1, -0.05) is 24.3 Å². The summed E-state index contributed by atoms with van der Waals surface area (Å²) < 4.78 is 1.06. The number of carbonyl (C=O) groups excluding carboxylic acids is 1. The van der Waals surface area contributed by atoms with Crippen molar-refractivity contribution in [3.05, 3.63) is 52.6 Å². The highest BCUT2D eigenvalue weighted by molar-refractivity contribution is 14.1. The highest BCUT2D eigenvalue weighted by Crippen LogP contribution is 2.22. The van der Waals surface area contributed by atoms with Crippen molar-refractivity contribution in [3.8, 4) is 0 Å². The van der Waals surface area contributed by atoms with Gasteiger partial charge in [0, 0.05) is 10.1 Å². The van der Waals surface area contributed by atoms with E-state index in [-0.39, 0.29) is 5.91 Å². The van der Waals surface area contributed by atoms with E-state index in [1.165, 1.54) is 0 Å². The SMILES string of the molecule is C=CCN(C(=O)/C=C/C)c1ccccc1I. The van der Waals surface area contributed by atoms with Gasteiger partial charge in [-0.05, 0) is 47.7 Å². The van der Waals surface area contributed by atoms with Crippen molar-refractivity contribution in [2.45, 2.75) is 6.92 Å². The van der Waals surface area contributed by atoms with Gasteiger partial charge in [0.1, 0.15) is 0 Å². The second-order valence-electron chi connectivity index (χ2n) is 3.19. The largest absolute Gasteiger partial charge is 0.304 e. The molecule has 1 aromatic rings. The Kier molecular flexibility index (Phi) is 5.25. The molecule has 0 saturated carbocycles. The summed E-state index contributed by atoms with van der Waals surface area (Å²) in [6.07, 6.45) is 5.03. The number of hydrogen-bond donors (Lipinski definition) is 0. The maximum absolute atomic E-state index is 11.9. The van der Waals surface area contributed by atoms with Gasteiger partial charge in [0.2, 0.25) is 0 Å². The van der Waals surface area contributed by atoms with Gasteiger partial charge >= 0.3 is 0 Å². The molecule has 0 aliphatic heterocycles. The Labute approximate surface area is 110 Å². The van der Waals surface area contributed by atoms with E-state index in [0.29, 0.717) is 6.54 Å². The summed E-state index contributed by atoms with van der Waals surface area (Å²) >= 11 is 2.22. The third kappa shape index (κ3) is 3.20. The molecule has 0 unspecified atom stereocenters. The zero-order valence-electron chi connectivity index (χ0n) is 9.19. The maximum atomic E-state index is 11.9. The van der Waals surface area contributed by atoms with Crippen molar-refractivity contribution < 1.29 is 4.79 Å². The Balaban J connectivity index is 3.07. The van der Waals surface area contributed by atoms with Gasteiger partial charge in [-0.25, -0.2) is 0 Å². The van der Waals surface area contributed by atoms with Crippen LogP contribution in [0.3, 0.4) is 0 Å². The summed E-state index contributed by atoms with van der Waals surface area (Å²) in [4.78, 5) is 13.6. The molecule has 0 spiro atoms. The maximum Gasteiger partial charge on any atom is 0.250 e. The van der Waals surface area contributed by atoms with Gasteiger partial charge in [0.05, 0.1) is 5.69 Å². The summed E-state index contributed by atoms with van der Waals surface area (Å²) in [7, 11) is 0. The van der Waals surface area contributed by atoms with Gasteiger partial charge in [-0.2, -0.15) is 0 Å². The molecule has 0 bridgehead atoms. The van der Waals surface area contributed by atoms with Crippen LogP contribution >= 0.6 is 22.6 Å². The molecule has 3 heteroatoms. The first-order valence-electron chi connectivity index (χ1n) is 5.00. The van der Waals surface area contributed by atoms with Gasteiger partial charge in [0.25, 0.3) is 5.91 Å². The third-order valence-corrected chi connectivity index (χ3v) is 2.94. The molecule has 0 atom stereocenters. The van der Waals surface area contributed by atoms with Crippen LogP contribution in [0, 0.1) is 3.57 Å². The molecule has 0 aromatic heterocycles. The lowest BCUT2D eigenvalue weighted by atomic mass is 10.2. The molecule has 0 fully saturated rings. The lowest BCUT2D eigenvalue weighted by molar-refractivity contribution is -0.114. The van der Waals surface area contributed by atoms with E-state index < -0.39 is 0 Å². The number of rotatable bonds is 4. The number of amides is 1. The minimum absolute atomic E-state index is 0.0217. The predicted molar refractivity (Wildman–Crippen MR) is 76.5 cm³/mol. The second-order valence-corrected chi connectivity index (χ2v) is 4.35. The van der Waals surface area contributed by atoms with Crippen molar-refractivity contribution in [2.75, 3.05) is 11.4 Å². The minimum atomic E-state index is -0.0217. The Morgan fingerprint density at radius 1 is 1.50 bits per heavy atom. The summed E-state index contributed by atoms with van der Waals surface area (Å²) in [5.74, 6) is -0.0217. The molecular weight excluding hydrogens is 313 g/mol. The molecule has 0 heterocycles. The van der Waals surface area contributed by atoms with E-state index in [1.807, 2.05) is 31.2 Å². The molecule has 0 aliphatic carbocycles. The highest BCUT2D eigenvalue weighted by atomic mass is 127. The fourth-order valence-electron chi connectivity index (χ4n) is 1.34. The lowest BCUT2D eigenvalue weighted by Crippen LogP contribution is -2.29. The topological polar surface area (TPSA) is 20.3 Å². The van der Waals surface area contributed by atoms with E-state index in [1.54, 1.807) is 23.1 Å². The molecule has 2 nitrogen and oxygen atoms in total. The molecule has 0 aliphatic rings. The normalized spacial score (nSPS) is 10.4. The van der Waals surface area contributed by atoms with E-state index in [4.69, 9.17) is 0 Å². The van der Waals surface area contributed by atoms with Crippen LogP contribution in [-0.4, -0.2) is 12.5 Å². The van der Waals surface area contributed by atoms with Crippen molar-refractivity contribution in [3.63, 3.8) is 0 Å². The van der Waals surface area contributed by atoms with Crippen molar-refractivity contribution in [1.29, 1.82) is 0 Å². The minimum Gasteiger partial charge on any atom is -0.304 e. The summed E-state index contributed by atoms with van der Waals surface area (Å²) in [5, 5.41) is 0. The standard InChI is InChI=1S/C13H14INO/c1-3-7-13(16)15(10-4-2)12-9-6-5-8-11(12)14/h3-9H,2,10H2,1H3/b7-3+. The number of allylic oxidation sites excluding steroid dienone is 1. The zero-order chi connectivity index (χ0) is 12.0.